The molecule has 4 nitrogen and oxygen atoms in total. The van der Waals surface area contributed by atoms with Gasteiger partial charge in [-0.1, -0.05) is 35.9 Å². The number of nitrogens with one attached hydrogen (secondary N) is 1. The number of halogens is 4. The lowest BCUT2D eigenvalue weighted by molar-refractivity contribution is -0.137. The van der Waals surface area contributed by atoms with Crippen LogP contribution in [0.1, 0.15) is 11.1 Å². The molecular formula is C16H10ClF3N4S. The minimum Gasteiger partial charge on any atom is -0.250 e. The molecule has 1 aromatic heterocycles. The third-order valence-corrected chi connectivity index (χ3v) is 3.79. The lowest BCUT2D eigenvalue weighted by Gasteiger charge is -2.06. The normalized spacial score (nSPS) is 12.0. The highest BCUT2D eigenvalue weighted by Crippen LogP contribution is 2.29. The summed E-state index contributed by atoms with van der Waals surface area (Å²) in [7, 11) is 0. The number of hydrogen-bond donors (Lipinski definition) is 1. The Hall–Kier alpha value is -2.45. The summed E-state index contributed by atoms with van der Waals surface area (Å²) in [5.74, 6) is 0.440. The van der Waals surface area contributed by atoms with E-state index in [0.29, 0.717) is 22.0 Å². The molecule has 1 N–H and O–H groups in total. The molecule has 0 saturated carbocycles. The van der Waals surface area contributed by atoms with Gasteiger partial charge in [-0.15, -0.1) is 0 Å². The fraction of sp³-hybridized carbons (Fsp3) is 0.0625. The number of aromatic nitrogens is 3. The van der Waals surface area contributed by atoms with Crippen molar-refractivity contribution in [2.24, 2.45) is 5.10 Å². The van der Waals surface area contributed by atoms with E-state index in [1.807, 2.05) is 0 Å². The molecular weight excluding hydrogens is 373 g/mol. The zero-order chi connectivity index (χ0) is 18.0. The Morgan fingerprint density at radius 2 is 1.88 bits per heavy atom. The molecule has 0 unspecified atom stereocenters. The highest BCUT2D eigenvalue weighted by atomic mass is 35.5. The highest BCUT2D eigenvalue weighted by Gasteiger charge is 2.29. The summed E-state index contributed by atoms with van der Waals surface area (Å²) >= 11 is 11.1. The quantitative estimate of drug-likeness (QED) is 0.502. The van der Waals surface area contributed by atoms with Crippen molar-refractivity contribution in [3.05, 3.63) is 69.5 Å². The van der Waals surface area contributed by atoms with Gasteiger partial charge in [0.2, 0.25) is 4.77 Å². The van der Waals surface area contributed by atoms with E-state index in [1.165, 1.54) is 23.0 Å². The van der Waals surface area contributed by atoms with Crippen molar-refractivity contribution in [3.63, 3.8) is 0 Å². The van der Waals surface area contributed by atoms with Crippen LogP contribution in [0.3, 0.4) is 0 Å². The predicted octanol–water partition coefficient (Wildman–Crippen LogP) is 5.16. The van der Waals surface area contributed by atoms with Crippen LogP contribution >= 0.6 is 23.8 Å². The Balaban J connectivity index is 1.92. The van der Waals surface area contributed by atoms with Crippen LogP contribution in [0.25, 0.3) is 11.4 Å². The first kappa shape index (κ1) is 17.4. The van der Waals surface area contributed by atoms with Crippen LogP contribution in [0, 0.1) is 4.77 Å². The standard InChI is InChI=1S/C16H10ClF3N4S/c17-13-3-1-2-11(8-13)14-22-23-15(25)24(14)21-9-10-4-6-12(7-5-10)16(18,19)20/h1-9H,(H,23,25)/b21-9+. The number of benzene rings is 2. The predicted molar refractivity (Wildman–Crippen MR) is 92.3 cm³/mol. The van der Waals surface area contributed by atoms with Crippen LogP contribution in [0.15, 0.2) is 53.6 Å². The minimum atomic E-state index is -4.37. The van der Waals surface area contributed by atoms with Gasteiger partial charge in [0.1, 0.15) is 0 Å². The van der Waals surface area contributed by atoms with Gasteiger partial charge in [-0.3, -0.25) is 0 Å². The number of aromatic amines is 1. The Morgan fingerprint density at radius 3 is 2.52 bits per heavy atom. The molecule has 0 aliphatic heterocycles. The van der Waals surface area contributed by atoms with Gasteiger partial charge >= 0.3 is 6.18 Å². The van der Waals surface area contributed by atoms with E-state index >= 15 is 0 Å². The molecule has 1 heterocycles. The second kappa shape index (κ2) is 6.81. The van der Waals surface area contributed by atoms with E-state index in [0.717, 1.165) is 12.1 Å². The molecule has 3 rings (SSSR count). The molecule has 0 saturated heterocycles. The molecule has 0 bridgehead atoms. The van der Waals surface area contributed by atoms with Crippen LogP contribution in [-0.2, 0) is 6.18 Å². The molecule has 0 aliphatic rings. The van der Waals surface area contributed by atoms with Gasteiger partial charge in [0.05, 0.1) is 11.8 Å². The average molecular weight is 383 g/mol. The van der Waals surface area contributed by atoms with E-state index in [4.69, 9.17) is 23.8 Å². The molecule has 9 heteroatoms. The summed E-state index contributed by atoms with van der Waals surface area (Å²) < 4.78 is 39.4. The molecule has 0 fully saturated rings. The lowest BCUT2D eigenvalue weighted by Crippen LogP contribution is -2.04. The van der Waals surface area contributed by atoms with Gasteiger partial charge in [0.15, 0.2) is 5.82 Å². The highest BCUT2D eigenvalue weighted by molar-refractivity contribution is 7.71. The molecule has 0 amide bonds. The number of rotatable bonds is 3. The summed E-state index contributed by atoms with van der Waals surface area (Å²) in [5.41, 5.74) is 0.474. The van der Waals surface area contributed by atoms with Gasteiger partial charge in [-0.05, 0) is 42.0 Å². The minimum absolute atomic E-state index is 0.248. The number of hydrogen-bond acceptors (Lipinski definition) is 3. The summed E-state index contributed by atoms with van der Waals surface area (Å²) in [5, 5.41) is 11.5. The van der Waals surface area contributed by atoms with Crippen molar-refractivity contribution in [1.29, 1.82) is 0 Å². The van der Waals surface area contributed by atoms with Crippen molar-refractivity contribution < 1.29 is 13.2 Å². The first-order valence-electron chi connectivity index (χ1n) is 6.99. The molecule has 0 atom stereocenters. The SMILES string of the molecule is FC(F)(F)c1ccc(/C=N/n2c(-c3cccc(Cl)c3)n[nH]c2=S)cc1. The van der Waals surface area contributed by atoms with E-state index in [1.54, 1.807) is 24.3 Å². The van der Waals surface area contributed by atoms with Crippen molar-refractivity contribution in [3.8, 4) is 11.4 Å². The molecule has 0 aliphatic carbocycles. The monoisotopic (exact) mass is 382 g/mol. The van der Waals surface area contributed by atoms with Crippen LogP contribution < -0.4 is 0 Å². The van der Waals surface area contributed by atoms with Crippen molar-refractivity contribution in [1.82, 2.24) is 14.9 Å². The smallest absolute Gasteiger partial charge is 0.250 e. The van der Waals surface area contributed by atoms with Crippen LogP contribution in [0.4, 0.5) is 13.2 Å². The van der Waals surface area contributed by atoms with Crippen molar-refractivity contribution >= 4 is 30.0 Å². The number of nitrogens with zero attached hydrogens (tertiary/aromatic N) is 3. The van der Waals surface area contributed by atoms with Gasteiger partial charge < -0.3 is 0 Å². The molecule has 128 valence electrons. The number of alkyl halides is 3. The Morgan fingerprint density at radius 1 is 1.16 bits per heavy atom. The summed E-state index contributed by atoms with van der Waals surface area (Å²) in [6.45, 7) is 0. The summed E-state index contributed by atoms with van der Waals surface area (Å²) in [4.78, 5) is 0. The van der Waals surface area contributed by atoms with Gasteiger partial charge in [0, 0.05) is 10.6 Å². The largest absolute Gasteiger partial charge is 0.416 e. The van der Waals surface area contributed by atoms with Gasteiger partial charge in [0.25, 0.3) is 0 Å². The van der Waals surface area contributed by atoms with Crippen LogP contribution in [0.5, 0.6) is 0 Å². The Labute approximate surface area is 150 Å². The molecule has 25 heavy (non-hydrogen) atoms. The van der Waals surface area contributed by atoms with Crippen molar-refractivity contribution in [2.45, 2.75) is 6.18 Å². The van der Waals surface area contributed by atoms with E-state index < -0.39 is 11.7 Å². The zero-order valence-electron chi connectivity index (χ0n) is 12.5. The lowest BCUT2D eigenvalue weighted by atomic mass is 10.1. The maximum absolute atomic E-state index is 12.6. The maximum atomic E-state index is 12.6. The Bertz CT molecular complexity index is 974. The van der Waals surface area contributed by atoms with Gasteiger partial charge in [-0.25, -0.2) is 5.10 Å². The Kier molecular flexibility index (Phi) is 4.73. The molecule has 0 spiro atoms. The average Bonchev–Trinajstić information content (AvgIpc) is 2.93. The van der Waals surface area contributed by atoms with E-state index in [2.05, 4.69) is 15.3 Å². The third kappa shape index (κ3) is 3.97. The van der Waals surface area contributed by atoms with Crippen molar-refractivity contribution in [2.75, 3.05) is 0 Å². The summed E-state index contributed by atoms with van der Waals surface area (Å²) in [6, 6.07) is 11.6. The second-order valence-electron chi connectivity index (χ2n) is 5.04. The molecule has 0 radical (unpaired) electrons. The second-order valence-corrected chi connectivity index (χ2v) is 5.86. The molecule has 2 aromatic carbocycles. The first-order chi connectivity index (χ1) is 11.8. The van der Waals surface area contributed by atoms with Gasteiger partial charge in [-0.2, -0.15) is 28.0 Å². The number of H-pyrrole nitrogens is 1. The van der Waals surface area contributed by atoms with E-state index in [9.17, 15) is 13.2 Å². The summed E-state index contributed by atoms with van der Waals surface area (Å²) in [6.07, 6.45) is -2.97. The van der Waals surface area contributed by atoms with Crippen LogP contribution in [0.2, 0.25) is 5.02 Å². The fourth-order valence-electron chi connectivity index (χ4n) is 2.10. The van der Waals surface area contributed by atoms with Crippen LogP contribution in [-0.4, -0.2) is 21.1 Å². The fourth-order valence-corrected chi connectivity index (χ4v) is 2.47. The zero-order valence-corrected chi connectivity index (χ0v) is 14.0. The molecule has 3 aromatic rings. The van der Waals surface area contributed by atoms with E-state index in [-0.39, 0.29) is 4.77 Å². The maximum Gasteiger partial charge on any atom is 0.416 e. The third-order valence-electron chi connectivity index (χ3n) is 3.29. The topological polar surface area (TPSA) is 46.0 Å². The first-order valence-corrected chi connectivity index (χ1v) is 7.78.